The third-order valence-corrected chi connectivity index (χ3v) is 17.7. The Morgan fingerprint density at radius 1 is 0.982 bits per heavy atom. The number of aliphatic imine (C=N–C) groups is 1. The second-order valence-corrected chi connectivity index (χ2v) is 22.6. The van der Waals surface area contributed by atoms with Crippen LogP contribution in [0, 0.1) is 5.92 Å². The average Bonchev–Trinajstić information content (AvgIpc) is 3.81. The normalized spacial score (nSPS) is 21.0. The summed E-state index contributed by atoms with van der Waals surface area (Å²) in [7, 11) is -2.73. The number of hydrogen-bond donors (Lipinski definition) is 2. The van der Waals surface area contributed by atoms with Gasteiger partial charge in [0, 0.05) is 5.75 Å². The Morgan fingerprint density at radius 2 is 1.63 bits per heavy atom. The summed E-state index contributed by atoms with van der Waals surface area (Å²) in [6.45, 7) is 15.0. The van der Waals surface area contributed by atoms with Crippen LogP contribution in [0.4, 0.5) is 0 Å². The number of amides is 2. The minimum absolute atomic E-state index is 0.0481. The Balaban J connectivity index is 1.32. The van der Waals surface area contributed by atoms with Crippen LogP contribution in [0.2, 0.25) is 5.04 Å². The fourth-order valence-electron chi connectivity index (χ4n) is 7.23. The number of unbranched alkanes of at least 4 members (excludes halogenated alkanes) is 1. The first-order chi connectivity index (χ1) is 27.2. The Kier molecular flexibility index (Phi) is 13.4. The van der Waals surface area contributed by atoms with Crippen molar-refractivity contribution in [1.29, 1.82) is 0 Å². The van der Waals surface area contributed by atoms with Gasteiger partial charge in [-0.3, -0.25) is 14.6 Å². The molecule has 0 fully saturated rings. The highest BCUT2D eigenvalue weighted by molar-refractivity contribution is 8.14. The molecular weight excluding hydrogens is 769 g/mol. The Labute approximate surface area is 346 Å². The number of hydrogen-bond acceptors (Lipinski definition) is 9. The summed E-state index contributed by atoms with van der Waals surface area (Å²) >= 11 is 2.96. The van der Waals surface area contributed by atoms with Gasteiger partial charge in [-0.05, 0) is 51.9 Å². The number of carbonyl (C=O) groups is 3. The number of rotatable bonds is 10. The van der Waals surface area contributed by atoms with Gasteiger partial charge < -0.3 is 19.8 Å². The van der Waals surface area contributed by atoms with Gasteiger partial charge in [0.1, 0.15) is 33.4 Å². The molecule has 2 aliphatic rings. The van der Waals surface area contributed by atoms with E-state index >= 15 is 0 Å². The summed E-state index contributed by atoms with van der Waals surface area (Å²) < 4.78 is 13.1. The maximum absolute atomic E-state index is 13.9. The number of nitrogens with zero attached hydrogens (tertiary/aromatic N) is 2. The Hall–Kier alpha value is -4.36. The van der Waals surface area contributed by atoms with Gasteiger partial charge in [-0.2, -0.15) is 0 Å². The smallest absolute Gasteiger partial charge is 0.329 e. The number of ether oxygens (including phenoxy) is 1. The van der Waals surface area contributed by atoms with Gasteiger partial charge in [-0.15, -0.1) is 23.1 Å². The van der Waals surface area contributed by atoms with E-state index < -0.39 is 32.0 Å². The van der Waals surface area contributed by atoms with Gasteiger partial charge >= 0.3 is 5.97 Å². The fourth-order valence-corrected chi connectivity index (χ4v) is 14.0. The summed E-state index contributed by atoms with van der Waals surface area (Å²) in [5.41, 5.74) is 1.55. The van der Waals surface area contributed by atoms with Gasteiger partial charge in [0.25, 0.3) is 8.32 Å². The highest BCUT2D eigenvalue weighted by Crippen LogP contribution is 2.40. The predicted molar refractivity (Wildman–Crippen MR) is 235 cm³/mol. The molecule has 6 rings (SSSR count). The summed E-state index contributed by atoms with van der Waals surface area (Å²) in [5.74, 6) is -1.06. The van der Waals surface area contributed by atoms with Crippen LogP contribution < -0.4 is 21.0 Å². The van der Waals surface area contributed by atoms with Crippen molar-refractivity contribution in [2.45, 2.75) is 104 Å². The lowest BCUT2D eigenvalue weighted by atomic mass is 10.00. The Morgan fingerprint density at radius 3 is 2.23 bits per heavy atom. The van der Waals surface area contributed by atoms with Crippen LogP contribution in [0.15, 0.2) is 102 Å². The second kappa shape index (κ2) is 18.1. The third kappa shape index (κ3) is 9.51. The number of allylic oxidation sites excluding steroid dienone is 1. The molecule has 0 saturated heterocycles. The van der Waals surface area contributed by atoms with Gasteiger partial charge in [-0.1, -0.05) is 139 Å². The quantitative estimate of drug-likeness (QED) is 0.0963. The molecule has 0 aliphatic carbocycles. The summed E-state index contributed by atoms with van der Waals surface area (Å²) in [6.07, 6.45) is 4.56. The van der Waals surface area contributed by atoms with Crippen molar-refractivity contribution < 1.29 is 23.5 Å². The molecule has 0 spiro atoms. The maximum atomic E-state index is 13.9. The molecule has 1 unspecified atom stereocenters. The van der Waals surface area contributed by atoms with Crippen molar-refractivity contribution in [2.24, 2.45) is 10.9 Å². The van der Waals surface area contributed by atoms with E-state index in [0.29, 0.717) is 28.1 Å². The van der Waals surface area contributed by atoms with E-state index in [1.807, 2.05) is 32.1 Å². The van der Waals surface area contributed by atoms with Gasteiger partial charge in [0.15, 0.2) is 0 Å². The SMILES string of the molecule is CCC/C=C/C1CC(=O)NCc2nc(c(-c3ccc(CO[Si](c4ccccc4)(c4ccccc4)C(C)(C)C)cc3)s2)C2=N[C@@](C)(CS2)C(=O)N[C@@H](C(C)C)C(=O)O1. The van der Waals surface area contributed by atoms with Crippen LogP contribution in [0.5, 0.6) is 0 Å². The first-order valence-electron chi connectivity index (χ1n) is 19.8. The molecular formula is C45H54N4O5S2Si. The number of esters is 1. The fraction of sp³-hybridized carbons (Fsp3) is 0.400. The summed E-state index contributed by atoms with van der Waals surface area (Å²) in [5, 5.41) is 9.60. The van der Waals surface area contributed by atoms with Crippen LogP contribution >= 0.6 is 23.1 Å². The van der Waals surface area contributed by atoms with Gasteiger partial charge in [0.05, 0.1) is 24.4 Å². The zero-order valence-corrected chi connectivity index (χ0v) is 36.6. The molecule has 300 valence electrons. The lowest BCUT2D eigenvalue weighted by Crippen LogP contribution is -2.66. The van der Waals surface area contributed by atoms with E-state index in [4.69, 9.17) is 19.1 Å². The average molecular weight is 823 g/mol. The van der Waals surface area contributed by atoms with E-state index in [9.17, 15) is 14.4 Å². The van der Waals surface area contributed by atoms with Crippen molar-refractivity contribution in [2.75, 3.05) is 5.75 Å². The van der Waals surface area contributed by atoms with E-state index in [0.717, 1.165) is 28.8 Å². The molecule has 2 N–H and O–H groups in total. The molecule has 0 saturated carbocycles. The highest BCUT2D eigenvalue weighted by atomic mass is 32.2. The number of carbonyl (C=O) groups excluding carboxylic acids is 3. The third-order valence-electron chi connectivity index (χ3n) is 10.4. The lowest BCUT2D eigenvalue weighted by Gasteiger charge is -2.43. The second-order valence-electron chi connectivity index (χ2n) is 16.3. The molecule has 3 aromatic carbocycles. The first kappa shape index (κ1) is 42.2. The number of cyclic esters (lactones) is 1. The molecule has 0 radical (unpaired) electrons. The molecule has 3 heterocycles. The Bertz CT molecular complexity index is 2060. The number of fused-ring (bicyclic) bond motifs is 4. The van der Waals surface area contributed by atoms with Crippen LogP contribution in [-0.2, 0) is 36.7 Å². The molecule has 1 aromatic heterocycles. The largest absolute Gasteiger partial charge is 0.456 e. The number of thiazole rings is 1. The van der Waals surface area contributed by atoms with Gasteiger partial charge in [0.2, 0.25) is 11.8 Å². The van der Waals surface area contributed by atoms with Crippen molar-refractivity contribution in [1.82, 2.24) is 15.6 Å². The van der Waals surface area contributed by atoms with Crippen molar-refractivity contribution >= 4 is 64.6 Å². The minimum atomic E-state index is -2.73. The molecule has 2 amide bonds. The number of thioether (sulfide) groups is 1. The summed E-state index contributed by atoms with van der Waals surface area (Å²) in [4.78, 5) is 51.5. The standard InChI is InChI=1S/C45H54N4O5S2Si/c1-8-9-12-17-33-26-36(50)46-27-37-47-39(41-49-45(7,29-55-41)43(52)48-38(30(2)3)42(51)54-33)40(56-37)32-24-22-31(23-25-32)28-53-57(44(4,5)6,34-18-13-10-14-19-34)35-20-15-11-16-21-35/h10-25,30,33,38H,8-9,26-29H2,1-7H3,(H,46,50)(H,48,52)/b17-12+/t33?,38-,45-/m0/s1. The van der Waals surface area contributed by atoms with E-state index in [1.165, 1.54) is 33.5 Å². The molecule has 3 atom stereocenters. The van der Waals surface area contributed by atoms with Crippen LogP contribution in [-0.4, -0.2) is 59.6 Å². The molecule has 9 nitrogen and oxygen atoms in total. The van der Waals surface area contributed by atoms with E-state index in [-0.39, 0.29) is 35.7 Å². The molecule has 4 bridgehead atoms. The minimum Gasteiger partial charge on any atom is -0.456 e. The zero-order chi connectivity index (χ0) is 40.8. The monoisotopic (exact) mass is 822 g/mol. The van der Waals surface area contributed by atoms with E-state index in [2.05, 4.69) is 111 Å². The zero-order valence-electron chi connectivity index (χ0n) is 34.0. The predicted octanol–water partition coefficient (Wildman–Crippen LogP) is 7.57. The number of benzene rings is 3. The van der Waals surface area contributed by atoms with Crippen molar-refractivity contribution in [3.8, 4) is 10.4 Å². The molecule has 2 aliphatic heterocycles. The van der Waals surface area contributed by atoms with E-state index in [1.54, 1.807) is 13.0 Å². The molecule has 12 heteroatoms. The number of nitrogens with one attached hydrogen (secondary N) is 2. The van der Waals surface area contributed by atoms with Crippen LogP contribution in [0.1, 0.15) is 84.0 Å². The topological polar surface area (TPSA) is 119 Å². The number of aromatic nitrogens is 1. The maximum Gasteiger partial charge on any atom is 0.329 e. The first-order valence-corrected chi connectivity index (χ1v) is 23.5. The van der Waals surface area contributed by atoms with Crippen molar-refractivity contribution in [3.63, 3.8) is 0 Å². The lowest BCUT2D eigenvalue weighted by molar-refractivity contribution is -0.153. The molecule has 57 heavy (non-hydrogen) atoms. The van der Waals surface area contributed by atoms with Gasteiger partial charge in [-0.25, -0.2) is 9.78 Å². The molecule has 4 aromatic rings. The highest BCUT2D eigenvalue weighted by Gasteiger charge is 2.50. The van der Waals surface area contributed by atoms with Crippen LogP contribution in [0.3, 0.4) is 0 Å². The van der Waals surface area contributed by atoms with Crippen molar-refractivity contribution in [3.05, 3.63) is 113 Å². The van der Waals surface area contributed by atoms with Crippen LogP contribution in [0.25, 0.3) is 10.4 Å². The summed E-state index contributed by atoms with van der Waals surface area (Å²) in [6, 6.07) is 28.7.